The molecule has 0 saturated carbocycles. The maximum absolute atomic E-state index is 13.3. The molecule has 10 heteroatoms. The van der Waals surface area contributed by atoms with Gasteiger partial charge in [-0.2, -0.15) is 5.10 Å². The first-order valence-corrected chi connectivity index (χ1v) is 16.0. The third-order valence-corrected chi connectivity index (χ3v) is 8.46. The summed E-state index contributed by atoms with van der Waals surface area (Å²) in [6.07, 6.45) is 8.72. The average molecular weight is 600 g/mol. The van der Waals surface area contributed by atoms with E-state index in [-0.39, 0.29) is 6.04 Å². The predicted molar refractivity (Wildman–Crippen MR) is 175 cm³/mol. The summed E-state index contributed by atoms with van der Waals surface area (Å²) in [5.74, 6) is 1.45. The van der Waals surface area contributed by atoms with Gasteiger partial charge in [-0.1, -0.05) is 41.3 Å². The molecular weight excluding hydrogens is 552 g/mol. The van der Waals surface area contributed by atoms with Gasteiger partial charge in [0, 0.05) is 47.4 Å². The highest BCUT2D eigenvalue weighted by Crippen LogP contribution is 2.21. The molecule has 0 radical (unpaired) electrons. The summed E-state index contributed by atoms with van der Waals surface area (Å²) >= 11 is 0. The number of fused-ring (bicyclic) bond motifs is 1. The molecule has 0 aliphatic carbocycles. The van der Waals surface area contributed by atoms with E-state index < -0.39 is 6.10 Å². The fourth-order valence-corrected chi connectivity index (χ4v) is 5.92. The van der Waals surface area contributed by atoms with E-state index in [9.17, 15) is 10.0 Å². The Morgan fingerprint density at radius 3 is 2.70 bits per heavy atom. The first-order valence-electron chi connectivity index (χ1n) is 16.0. The van der Waals surface area contributed by atoms with Crippen molar-refractivity contribution in [1.82, 2.24) is 24.6 Å². The van der Waals surface area contributed by atoms with E-state index in [1.165, 1.54) is 12.0 Å². The van der Waals surface area contributed by atoms with Crippen LogP contribution in [-0.4, -0.2) is 68.1 Å². The fourth-order valence-electron chi connectivity index (χ4n) is 5.92. The summed E-state index contributed by atoms with van der Waals surface area (Å²) in [6.45, 7) is 10.3. The van der Waals surface area contributed by atoms with Crippen molar-refractivity contribution in [3.8, 4) is 11.3 Å². The van der Waals surface area contributed by atoms with Crippen molar-refractivity contribution in [3.63, 3.8) is 0 Å². The van der Waals surface area contributed by atoms with Crippen LogP contribution in [0.15, 0.2) is 60.9 Å². The first kappa shape index (κ1) is 31.4. The van der Waals surface area contributed by atoms with Crippen LogP contribution in [0, 0.1) is 18.8 Å². The van der Waals surface area contributed by atoms with Gasteiger partial charge in [0.15, 0.2) is 0 Å². The van der Waals surface area contributed by atoms with Gasteiger partial charge in [-0.05, 0) is 77.1 Å². The SMILES string of the molecule is Cc1cc(C)n(CCN(CCCCc2ccc3c(n2)NCCC3)CC[C@H](Nc2c[nH]cc(-c3ccccc3)[n+]2=O)C(C)O)n1. The molecule has 4 aromatic rings. The molecule has 4 N–H and O–H groups in total. The number of nitrogens with one attached hydrogen (secondary N) is 3. The van der Waals surface area contributed by atoms with Crippen molar-refractivity contribution in [2.45, 2.75) is 78.0 Å². The van der Waals surface area contributed by atoms with Crippen LogP contribution in [-0.2, 0) is 19.4 Å². The van der Waals surface area contributed by atoms with Gasteiger partial charge < -0.3 is 20.3 Å². The monoisotopic (exact) mass is 599 g/mol. The number of hydrogen-bond acceptors (Lipinski definition) is 7. The quantitative estimate of drug-likeness (QED) is 0.115. The molecule has 2 atom stereocenters. The van der Waals surface area contributed by atoms with Crippen molar-refractivity contribution in [3.05, 3.63) is 88.5 Å². The highest BCUT2D eigenvalue weighted by Gasteiger charge is 2.24. The van der Waals surface area contributed by atoms with Crippen LogP contribution >= 0.6 is 0 Å². The van der Waals surface area contributed by atoms with Crippen molar-refractivity contribution in [2.75, 3.05) is 36.8 Å². The minimum absolute atomic E-state index is 0.294. The number of aliphatic hydroxyl groups excluding tert-OH is 1. The zero-order valence-electron chi connectivity index (χ0n) is 26.3. The summed E-state index contributed by atoms with van der Waals surface area (Å²) < 4.78 is 2.97. The van der Waals surface area contributed by atoms with Crippen molar-refractivity contribution >= 4 is 11.6 Å². The normalized spacial score (nSPS) is 14.2. The van der Waals surface area contributed by atoms with E-state index in [1.807, 2.05) is 37.3 Å². The standard InChI is InChI=1S/C34H47N8O2/c1-25-22-26(2)41(39-25)21-20-40(18-8-7-13-30-15-14-29-12-9-17-36-34(29)37-30)19-16-31(27(3)43)38-33-24-35-23-32(42(33)44)28-10-5-4-6-11-28/h4-6,10-11,14-15,22-24,27,31,38,43H,7-9,12-13,16-21H2,1-3H3,(H,35,44)(H,36,37)/q+1/t27?,31-/m0/s1. The van der Waals surface area contributed by atoms with Crippen LogP contribution in [0.1, 0.15) is 55.3 Å². The Bertz CT molecular complexity index is 1550. The lowest BCUT2D eigenvalue weighted by Crippen LogP contribution is -2.40. The molecular formula is C34H47N8O2+. The molecule has 0 amide bonds. The molecule has 1 unspecified atom stereocenters. The van der Waals surface area contributed by atoms with E-state index in [4.69, 9.17) is 4.98 Å². The average Bonchev–Trinajstić information content (AvgIpc) is 3.36. The van der Waals surface area contributed by atoms with Gasteiger partial charge in [0.25, 0.3) is 0 Å². The highest BCUT2D eigenvalue weighted by molar-refractivity contribution is 5.55. The first-order chi connectivity index (χ1) is 21.4. The summed E-state index contributed by atoms with van der Waals surface area (Å²) in [7, 11) is 0. The Labute approximate surface area is 260 Å². The molecule has 4 heterocycles. The third kappa shape index (κ3) is 8.33. The maximum Gasteiger partial charge on any atom is 0.336 e. The Hall–Kier alpha value is -4.02. The van der Waals surface area contributed by atoms with Gasteiger partial charge in [-0.25, -0.2) is 4.98 Å². The number of pyridine rings is 1. The molecule has 1 aliphatic heterocycles. The number of aryl methyl sites for hydroxylation is 4. The van der Waals surface area contributed by atoms with Crippen LogP contribution in [0.3, 0.4) is 0 Å². The van der Waals surface area contributed by atoms with Crippen LogP contribution in [0.4, 0.5) is 11.6 Å². The Kier molecular flexibility index (Phi) is 10.8. The molecule has 0 fully saturated rings. The lowest BCUT2D eigenvalue weighted by molar-refractivity contribution is -0.467. The molecule has 3 aromatic heterocycles. The summed E-state index contributed by atoms with van der Waals surface area (Å²) in [4.78, 5) is 23.7. The number of anilines is 2. The van der Waals surface area contributed by atoms with Crippen LogP contribution in [0.25, 0.3) is 11.3 Å². The molecule has 5 rings (SSSR count). The number of unbranched alkanes of at least 4 members (excludes halogenated alkanes) is 1. The zero-order valence-corrected chi connectivity index (χ0v) is 26.3. The molecule has 234 valence electrons. The summed E-state index contributed by atoms with van der Waals surface area (Å²) in [6, 6.07) is 15.8. The Morgan fingerprint density at radius 1 is 1.09 bits per heavy atom. The summed E-state index contributed by atoms with van der Waals surface area (Å²) in [5.41, 5.74) is 6.01. The molecule has 1 aromatic carbocycles. The van der Waals surface area contributed by atoms with E-state index >= 15 is 0 Å². The minimum Gasteiger partial charge on any atom is -0.389 e. The van der Waals surface area contributed by atoms with Crippen molar-refractivity contribution < 1.29 is 9.53 Å². The van der Waals surface area contributed by atoms with Crippen LogP contribution in [0.2, 0.25) is 0 Å². The largest absolute Gasteiger partial charge is 0.389 e. The van der Waals surface area contributed by atoms with Gasteiger partial charge in [-0.15, -0.1) is 0 Å². The topological polar surface area (TPSA) is 117 Å². The Morgan fingerprint density at radius 2 is 1.93 bits per heavy atom. The van der Waals surface area contributed by atoms with Gasteiger partial charge in [0.05, 0.1) is 30.7 Å². The second-order valence-corrected chi connectivity index (χ2v) is 12.0. The van der Waals surface area contributed by atoms with E-state index in [2.05, 4.69) is 55.4 Å². The number of nitrogens with zero attached hydrogens (tertiary/aromatic N) is 5. The number of benzene rings is 1. The van der Waals surface area contributed by atoms with Gasteiger partial charge in [-0.3, -0.25) is 10.00 Å². The van der Waals surface area contributed by atoms with Crippen molar-refractivity contribution in [1.29, 1.82) is 0 Å². The van der Waals surface area contributed by atoms with Gasteiger partial charge in [0.1, 0.15) is 11.9 Å². The lowest BCUT2D eigenvalue weighted by atomic mass is 10.1. The number of aromatic amines is 1. The second kappa shape index (κ2) is 15.1. The molecule has 10 nitrogen and oxygen atoms in total. The van der Waals surface area contributed by atoms with Gasteiger partial charge >= 0.3 is 5.82 Å². The molecule has 44 heavy (non-hydrogen) atoms. The Balaban J connectivity index is 1.21. The zero-order chi connectivity index (χ0) is 30.9. The predicted octanol–water partition coefficient (Wildman–Crippen LogP) is 4.74. The smallest absolute Gasteiger partial charge is 0.336 e. The van der Waals surface area contributed by atoms with Gasteiger partial charge in [0.2, 0.25) is 5.69 Å². The van der Waals surface area contributed by atoms with E-state index in [1.54, 1.807) is 19.3 Å². The van der Waals surface area contributed by atoms with E-state index in [0.29, 0.717) is 17.9 Å². The fraction of sp³-hybridized carbons (Fsp3) is 0.471. The second-order valence-electron chi connectivity index (χ2n) is 12.0. The maximum atomic E-state index is 13.3. The van der Waals surface area contributed by atoms with Crippen LogP contribution < -0.4 is 15.1 Å². The molecule has 0 bridgehead atoms. The van der Waals surface area contributed by atoms with E-state index in [0.717, 1.165) is 91.3 Å². The number of aliphatic hydroxyl groups is 1. The highest BCUT2D eigenvalue weighted by atomic mass is 16.3. The number of H-pyrrole nitrogens is 1. The molecule has 0 saturated heterocycles. The minimum atomic E-state index is -0.642. The molecule has 1 aliphatic rings. The third-order valence-electron chi connectivity index (χ3n) is 8.46. The lowest BCUT2D eigenvalue weighted by Gasteiger charge is -2.25. The van der Waals surface area contributed by atoms with Crippen LogP contribution in [0.5, 0.6) is 0 Å². The number of aromatic nitrogens is 5. The molecule has 0 spiro atoms. The summed E-state index contributed by atoms with van der Waals surface area (Å²) in [5, 5.41) is 22.1. The van der Waals surface area contributed by atoms with Crippen molar-refractivity contribution in [2.24, 2.45) is 0 Å². The number of hydrogen-bond donors (Lipinski definition) is 4. The number of rotatable bonds is 15.